The van der Waals surface area contributed by atoms with Gasteiger partial charge in [0.25, 0.3) is 5.69 Å². The molecule has 0 unspecified atom stereocenters. The predicted octanol–water partition coefficient (Wildman–Crippen LogP) is 3.28. The Labute approximate surface area is 121 Å². The number of nitro groups is 1. The third-order valence-electron chi connectivity index (χ3n) is 2.75. The molecular weight excluding hydrogens is 277 g/mol. The van der Waals surface area contributed by atoms with Gasteiger partial charge >= 0.3 is 0 Å². The van der Waals surface area contributed by atoms with Crippen LogP contribution in [0.4, 0.5) is 10.1 Å². The molecule has 0 fully saturated rings. The monoisotopic (exact) mass is 293 g/mol. The van der Waals surface area contributed by atoms with Crippen molar-refractivity contribution in [2.45, 2.75) is 32.9 Å². The summed E-state index contributed by atoms with van der Waals surface area (Å²) in [5.41, 5.74) is 0.357. The summed E-state index contributed by atoms with van der Waals surface area (Å²) in [4.78, 5) is 14.1. The van der Waals surface area contributed by atoms with Crippen molar-refractivity contribution in [3.05, 3.63) is 46.1 Å². The molecule has 6 nitrogen and oxygen atoms in total. The molecule has 112 valence electrons. The van der Waals surface area contributed by atoms with Gasteiger partial charge in [-0.05, 0) is 26.8 Å². The molecule has 0 bridgehead atoms. The summed E-state index contributed by atoms with van der Waals surface area (Å²) in [6.07, 6.45) is 1.44. The largest absolute Gasteiger partial charge is 0.444 e. The van der Waals surface area contributed by atoms with Gasteiger partial charge in [-0.3, -0.25) is 10.1 Å². The molecule has 1 aromatic heterocycles. The van der Waals surface area contributed by atoms with E-state index in [1.54, 1.807) is 0 Å². The van der Waals surface area contributed by atoms with Gasteiger partial charge in [-0.1, -0.05) is 0 Å². The fourth-order valence-electron chi connectivity index (χ4n) is 1.66. The summed E-state index contributed by atoms with van der Waals surface area (Å²) in [5, 5.41) is 13.8. The Bertz CT molecular complexity index is 662. The van der Waals surface area contributed by atoms with E-state index in [-0.39, 0.29) is 22.7 Å². The summed E-state index contributed by atoms with van der Waals surface area (Å²) < 4.78 is 19.1. The normalized spacial score (nSPS) is 11.6. The van der Waals surface area contributed by atoms with Crippen LogP contribution in [0.2, 0.25) is 0 Å². The van der Waals surface area contributed by atoms with Crippen LogP contribution in [0.15, 0.2) is 28.9 Å². The molecule has 1 aromatic carbocycles. The highest BCUT2D eigenvalue weighted by Gasteiger charge is 2.16. The molecule has 0 aliphatic carbocycles. The summed E-state index contributed by atoms with van der Waals surface area (Å²) >= 11 is 0. The Morgan fingerprint density at radius 1 is 1.43 bits per heavy atom. The molecule has 2 aromatic rings. The first-order chi connectivity index (χ1) is 9.76. The van der Waals surface area contributed by atoms with Crippen LogP contribution >= 0.6 is 0 Å². The SMILES string of the molecule is CC(C)(C)NCc1coc(-c2ccc([N+](=O)[O-])cc2F)n1. The molecule has 21 heavy (non-hydrogen) atoms. The van der Waals surface area contributed by atoms with Crippen LogP contribution in [0, 0.1) is 15.9 Å². The van der Waals surface area contributed by atoms with E-state index in [1.165, 1.54) is 18.4 Å². The van der Waals surface area contributed by atoms with Gasteiger partial charge in [0.2, 0.25) is 5.89 Å². The fourth-order valence-corrected chi connectivity index (χ4v) is 1.66. The fraction of sp³-hybridized carbons (Fsp3) is 0.357. The third-order valence-corrected chi connectivity index (χ3v) is 2.75. The smallest absolute Gasteiger partial charge is 0.272 e. The number of nitrogens with one attached hydrogen (secondary N) is 1. The number of hydrogen-bond donors (Lipinski definition) is 1. The molecule has 0 saturated heterocycles. The Balaban J connectivity index is 2.20. The zero-order chi connectivity index (χ0) is 15.6. The minimum Gasteiger partial charge on any atom is -0.444 e. The molecule has 0 atom stereocenters. The molecule has 0 saturated carbocycles. The first kappa shape index (κ1) is 15.1. The van der Waals surface area contributed by atoms with Crippen molar-refractivity contribution in [3.8, 4) is 11.5 Å². The minimum absolute atomic E-state index is 0.0717. The van der Waals surface area contributed by atoms with Crippen molar-refractivity contribution in [1.29, 1.82) is 0 Å². The lowest BCUT2D eigenvalue weighted by Gasteiger charge is -2.19. The van der Waals surface area contributed by atoms with Gasteiger partial charge in [-0.2, -0.15) is 0 Å². The molecule has 0 amide bonds. The van der Waals surface area contributed by atoms with Gasteiger partial charge in [0.05, 0.1) is 22.2 Å². The average molecular weight is 293 g/mol. The van der Waals surface area contributed by atoms with E-state index in [2.05, 4.69) is 10.3 Å². The van der Waals surface area contributed by atoms with Gasteiger partial charge in [0, 0.05) is 18.2 Å². The van der Waals surface area contributed by atoms with Gasteiger partial charge in [-0.15, -0.1) is 0 Å². The molecule has 0 radical (unpaired) electrons. The molecule has 0 aliphatic heterocycles. The number of benzene rings is 1. The van der Waals surface area contributed by atoms with Crippen LogP contribution in [0.1, 0.15) is 26.5 Å². The average Bonchev–Trinajstić information content (AvgIpc) is 2.84. The molecule has 0 spiro atoms. The second kappa shape index (κ2) is 5.61. The van der Waals surface area contributed by atoms with Crippen molar-refractivity contribution in [2.75, 3.05) is 0 Å². The van der Waals surface area contributed by atoms with E-state index >= 15 is 0 Å². The number of nitrogens with zero attached hydrogens (tertiary/aromatic N) is 2. The maximum Gasteiger partial charge on any atom is 0.272 e. The van der Waals surface area contributed by atoms with Crippen molar-refractivity contribution < 1.29 is 13.7 Å². The van der Waals surface area contributed by atoms with E-state index in [0.29, 0.717) is 12.2 Å². The van der Waals surface area contributed by atoms with E-state index in [1.807, 2.05) is 20.8 Å². The van der Waals surface area contributed by atoms with Gasteiger partial charge in [0.1, 0.15) is 12.1 Å². The number of non-ortho nitro benzene ring substituents is 1. The summed E-state index contributed by atoms with van der Waals surface area (Å²) in [5.74, 6) is -0.630. The second-order valence-corrected chi connectivity index (χ2v) is 5.67. The van der Waals surface area contributed by atoms with Gasteiger partial charge < -0.3 is 9.73 Å². The highest BCUT2D eigenvalue weighted by atomic mass is 19.1. The van der Waals surface area contributed by atoms with Crippen LogP contribution in [0.5, 0.6) is 0 Å². The third kappa shape index (κ3) is 3.85. The lowest BCUT2D eigenvalue weighted by molar-refractivity contribution is -0.385. The van der Waals surface area contributed by atoms with Crippen LogP contribution in [0.25, 0.3) is 11.5 Å². The molecule has 2 rings (SSSR count). The van der Waals surface area contributed by atoms with Crippen molar-refractivity contribution in [1.82, 2.24) is 10.3 Å². The molecule has 1 heterocycles. The Morgan fingerprint density at radius 3 is 2.71 bits per heavy atom. The van der Waals surface area contributed by atoms with Crippen LogP contribution in [-0.2, 0) is 6.54 Å². The van der Waals surface area contributed by atoms with E-state index in [0.717, 1.165) is 6.07 Å². The number of rotatable bonds is 4. The zero-order valence-electron chi connectivity index (χ0n) is 12.0. The molecule has 1 N–H and O–H groups in total. The Morgan fingerprint density at radius 2 is 2.14 bits per heavy atom. The van der Waals surface area contributed by atoms with Crippen LogP contribution in [-0.4, -0.2) is 15.4 Å². The molecule has 0 aliphatic rings. The van der Waals surface area contributed by atoms with Gasteiger partial charge in [0.15, 0.2) is 0 Å². The lowest BCUT2D eigenvalue weighted by Crippen LogP contribution is -2.35. The quantitative estimate of drug-likeness (QED) is 0.691. The highest BCUT2D eigenvalue weighted by Crippen LogP contribution is 2.25. The maximum atomic E-state index is 13.9. The number of nitro benzene ring substituents is 1. The topological polar surface area (TPSA) is 81.2 Å². The second-order valence-electron chi connectivity index (χ2n) is 5.67. The first-order valence-electron chi connectivity index (χ1n) is 6.40. The van der Waals surface area contributed by atoms with E-state index in [9.17, 15) is 14.5 Å². The van der Waals surface area contributed by atoms with Crippen LogP contribution in [0.3, 0.4) is 0 Å². The van der Waals surface area contributed by atoms with Crippen molar-refractivity contribution in [2.24, 2.45) is 0 Å². The summed E-state index contributed by atoms with van der Waals surface area (Å²) in [6, 6.07) is 3.36. The molecule has 7 heteroatoms. The number of halogens is 1. The summed E-state index contributed by atoms with van der Waals surface area (Å²) in [7, 11) is 0. The number of oxazole rings is 1. The van der Waals surface area contributed by atoms with E-state index < -0.39 is 10.7 Å². The van der Waals surface area contributed by atoms with E-state index in [4.69, 9.17) is 4.42 Å². The number of hydrogen-bond acceptors (Lipinski definition) is 5. The van der Waals surface area contributed by atoms with Gasteiger partial charge in [-0.25, -0.2) is 9.37 Å². The molecular formula is C14H16FN3O3. The standard InChI is InChI=1S/C14H16FN3O3/c1-14(2,3)16-7-9-8-21-13(17-9)11-5-4-10(18(19)20)6-12(11)15/h4-6,8,16H,7H2,1-3H3. The number of aromatic nitrogens is 1. The minimum atomic E-state index is -0.735. The van der Waals surface area contributed by atoms with Crippen LogP contribution < -0.4 is 5.32 Å². The zero-order valence-corrected chi connectivity index (χ0v) is 12.0. The maximum absolute atomic E-state index is 13.9. The first-order valence-corrected chi connectivity index (χ1v) is 6.40. The van der Waals surface area contributed by atoms with Crippen molar-refractivity contribution in [3.63, 3.8) is 0 Å². The highest BCUT2D eigenvalue weighted by molar-refractivity contribution is 5.57. The predicted molar refractivity (Wildman–Crippen MR) is 75.1 cm³/mol. The Kier molecular flexibility index (Phi) is 4.04. The summed E-state index contributed by atoms with van der Waals surface area (Å²) in [6.45, 7) is 6.54. The Hall–Kier alpha value is -2.28. The van der Waals surface area contributed by atoms with Crippen molar-refractivity contribution >= 4 is 5.69 Å². The lowest BCUT2D eigenvalue weighted by atomic mass is 10.1.